The zero-order valence-corrected chi connectivity index (χ0v) is 11.4. The highest BCUT2D eigenvalue weighted by molar-refractivity contribution is 5.06. The van der Waals surface area contributed by atoms with Crippen LogP contribution < -0.4 is 0 Å². The van der Waals surface area contributed by atoms with Crippen molar-refractivity contribution in [2.75, 3.05) is 19.8 Å². The minimum atomic E-state index is -0.197. The lowest BCUT2D eigenvalue weighted by molar-refractivity contribution is -0.221. The first-order chi connectivity index (χ1) is 8.21. The van der Waals surface area contributed by atoms with Gasteiger partial charge in [0.25, 0.3) is 0 Å². The van der Waals surface area contributed by atoms with Crippen molar-refractivity contribution in [3.63, 3.8) is 0 Å². The van der Waals surface area contributed by atoms with Crippen molar-refractivity contribution in [2.45, 2.75) is 52.7 Å². The molecule has 0 spiro atoms. The van der Waals surface area contributed by atoms with Gasteiger partial charge >= 0.3 is 0 Å². The quantitative estimate of drug-likeness (QED) is 0.728. The third kappa shape index (κ3) is 3.80. The zero-order valence-electron chi connectivity index (χ0n) is 11.4. The molecule has 1 N–H and O–H groups in total. The molecule has 17 heavy (non-hydrogen) atoms. The maximum atomic E-state index is 9.39. The van der Waals surface area contributed by atoms with Crippen LogP contribution in [0.4, 0.5) is 0 Å². The van der Waals surface area contributed by atoms with Gasteiger partial charge in [-0.15, -0.1) is 0 Å². The zero-order chi connectivity index (χ0) is 12.7. The standard InChI is InChI=1S/C14H26O3/c1-4-7-8-12(5-2)13-16-10-14(6-3,9-15)11-17-13/h8,13,15H,4-7,9-11H2,1-3H3/b12-8+. The van der Waals surface area contributed by atoms with Gasteiger partial charge in [0.05, 0.1) is 19.8 Å². The molecule has 0 saturated carbocycles. The molecule has 0 amide bonds. The molecule has 0 atom stereocenters. The fourth-order valence-corrected chi connectivity index (χ4v) is 1.95. The summed E-state index contributed by atoms with van der Waals surface area (Å²) in [5.74, 6) is 0. The van der Waals surface area contributed by atoms with Gasteiger partial charge in [-0.25, -0.2) is 0 Å². The molecule has 0 radical (unpaired) electrons. The van der Waals surface area contributed by atoms with E-state index in [1.165, 1.54) is 5.57 Å². The highest BCUT2D eigenvalue weighted by Gasteiger charge is 2.35. The molecule has 0 unspecified atom stereocenters. The Morgan fingerprint density at radius 1 is 1.29 bits per heavy atom. The van der Waals surface area contributed by atoms with Gasteiger partial charge in [0.1, 0.15) is 0 Å². The summed E-state index contributed by atoms with van der Waals surface area (Å²) in [7, 11) is 0. The lowest BCUT2D eigenvalue weighted by Crippen LogP contribution is -2.44. The predicted molar refractivity (Wildman–Crippen MR) is 68.8 cm³/mol. The normalized spacial score (nSPS) is 30.6. The third-order valence-corrected chi connectivity index (χ3v) is 3.57. The Labute approximate surface area is 105 Å². The van der Waals surface area contributed by atoms with E-state index in [2.05, 4.69) is 26.8 Å². The van der Waals surface area contributed by atoms with Gasteiger partial charge in [-0.2, -0.15) is 0 Å². The Morgan fingerprint density at radius 2 is 1.94 bits per heavy atom. The number of hydrogen-bond donors (Lipinski definition) is 1. The maximum absolute atomic E-state index is 9.39. The van der Waals surface area contributed by atoms with Gasteiger partial charge in [-0.3, -0.25) is 0 Å². The molecule has 0 aliphatic carbocycles. The molecular formula is C14H26O3. The van der Waals surface area contributed by atoms with Crippen molar-refractivity contribution < 1.29 is 14.6 Å². The third-order valence-electron chi connectivity index (χ3n) is 3.57. The van der Waals surface area contributed by atoms with E-state index < -0.39 is 0 Å². The summed E-state index contributed by atoms with van der Waals surface area (Å²) in [5.41, 5.74) is 1.04. The van der Waals surface area contributed by atoms with E-state index in [0.29, 0.717) is 13.2 Å². The van der Waals surface area contributed by atoms with E-state index in [0.717, 1.165) is 25.7 Å². The summed E-state index contributed by atoms with van der Waals surface area (Å²) in [4.78, 5) is 0. The average Bonchev–Trinajstić information content (AvgIpc) is 2.40. The summed E-state index contributed by atoms with van der Waals surface area (Å²) in [6.45, 7) is 7.68. The van der Waals surface area contributed by atoms with E-state index in [-0.39, 0.29) is 18.3 Å². The van der Waals surface area contributed by atoms with Crippen LogP contribution >= 0.6 is 0 Å². The smallest absolute Gasteiger partial charge is 0.179 e. The van der Waals surface area contributed by atoms with Gasteiger partial charge in [-0.05, 0) is 24.8 Å². The molecule has 0 aromatic heterocycles. The van der Waals surface area contributed by atoms with E-state index in [4.69, 9.17) is 9.47 Å². The second kappa shape index (κ2) is 7.14. The number of aliphatic hydroxyl groups excluding tert-OH is 1. The fraction of sp³-hybridized carbons (Fsp3) is 0.857. The molecule has 1 saturated heterocycles. The number of aliphatic hydroxyl groups is 1. The van der Waals surface area contributed by atoms with Crippen molar-refractivity contribution in [2.24, 2.45) is 5.41 Å². The Morgan fingerprint density at radius 3 is 2.35 bits per heavy atom. The topological polar surface area (TPSA) is 38.7 Å². The Bertz CT molecular complexity index is 234. The van der Waals surface area contributed by atoms with Crippen LogP contribution in [0.25, 0.3) is 0 Å². The average molecular weight is 242 g/mol. The first-order valence-electron chi connectivity index (χ1n) is 6.74. The molecule has 0 aromatic carbocycles. The van der Waals surface area contributed by atoms with Crippen LogP contribution in [0.2, 0.25) is 0 Å². The minimum absolute atomic E-state index is 0.135. The Balaban J connectivity index is 2.55. The van der Waals surface area contributed by atoms with Crippen LogP contribution in [0, 0.1) is 5.41 Å². The van der Waals surface area contributed by atoms with E-state index in [1.807, 2.05) is 0 Å². The van der Waals surface area contributed by atoms with Gasteiger partial charge in [0.2, 0.25) is 0 Å². The second-order valence-corrected chi connectivity index (χ2v) is 4.89. The molecule has 3 heteroatoms. The lowest BCUT2D eigenvalue weighted by atomic mass is 9.87. The van der Waals surface area contributed by atoms with Gasteiger partial charge in [0.15, 0.2) is 6.29 Å². The first kappa shape index (κ1) is 14.7. The van der Waals surface area contributed by atoms with Gasteiger partial charge in [0, 0.05) is 5.41 Å². The minimum Gasteiger partial charge on any atom is -0.396 e. The van der Waals surface area contributed by atoms with Crippen molar-refractivity contribution in [3.8, 4) is 0 Å². The van der Waals surface area contributed by atoms with Crippen molar-refractivity contribution in [1.82, 2.24) is 0 Å². The highest BCUT2D eigenvalue weighted by atomic mass is 16.7. The number of allylic oxidation sites excluding steroid dienone is 1. The van der Waals surface area contributed by atoms with Crippen molar-refractivity contribution >= 4 is 0 Å². The van der Waals surface area contributed by atoms with Crippen molar-refractivity contribution in [1.29, 1.82) is 0 Å². The molecular weight excluding hydrogens is 216 g/mol. The van der Waals surface area contributed by atoms with E-state index >= 15 is 0 Å². The molecule has 1 aliphatic heterocycles. The fourth-order valence-electron chi connectivity index (χ4n) is 1.95. The van der Waals surface area contributed by atoms with Gasteiger partial charge in [-0.1, -0.05) is 33.3 Å². The molecule has 3 nitrogen and oxygen atoms in total. The van der Waals surface area contributed by atoms with Crippen LogP contribution in [-0.4, -0.2) is 31.2 Å². The summed E-state index contributed by atoms with van der Waals surface area (Å²) >= 11 is 0. The van der Waals surface area contributed by atoms with Crippen LogP contribution in [0.3, 0.4) is 0 Å². The number of rotatable bonds is 6. The van der Waals surface area contributed by atoms with Crippen LogP contribution in [0.1, 0.15) is 46.5 Å². The molecule has 1 rings (SSSR count). The Hall–Kier alpha value is -0.380. The first-order valence-corrected chi connectivity index (χ1v) is 6.74. The van der Waals surface area contributed by atoms with E-state index in [9.17, 15) is 5.11 Å². The molecule has 100 valence electrons. The monoisotopic (exact) mass is 242 g/mol. The highest BCUT2D eigenvalue weighted by Crippen LogP contribution is 2.30. The Kier molecular flexibility index (Phi) is 6.17. The molecule has 0 bridgehead atoms. The summed E-state index contributed by atoms with van der Waals surface area (Å²) in [6, 6.07) is 0. The number of ether oxygens (including phenoxy) is 2. The SMILES string of the molecule is CCC/C=C(\CC)C1OCC(CC)(CO)CO1. The molecule has 1 fully saturated rings. The lowest BCUT2D eigenvalue weighted by Gasteiger charge is -2.38. The molecule has 0 aromatic rings. The predicted octanol–water partition coefficient (Wildman–Crippen LogP) is 2.88. The van der Waals surface area contributed by atoms with Gasteiger partial charge < -0.3 is 14.6 Å². The van der Waals surface area contributed by atoms with Crippen molar-refractivity contribution in [3.05, 3.63) is 11.6 Å². The molecule has 1 aliphatic rings. The summed E-state index contributed by atoms with van der Waals surface area (Å²) in [5, 5.41) is 9.39. The molecule has 1 heterocycles. The number of hydrogen-bond acceptors (Lipinski definition) is 3. The number of unbranched alkanes of at least 4 members (excludes halogenated alkanes) is 1. The largest absolute Gasteiger partial charge is 0.396 e. The summed E-state index contributed by atoms with van der Waals surface area (Å²) < 4.78 is 11.6. The van der Waals surface area contributed by atoms with Crippen LogP contribution in [0.5, 0.6) is 0 Å². The second-order valence-electron chi connectivity index (χ2n) is 4.89. The summed E-state index contributed by atoms with van der Waals surface area (Å²) in [6.07, 6.45) is 6.09. The van der Waals surface area contributed by atoms with Crippen LogP contribution in [0.15, 0.2) is 11.6 Å². The van der Waals surface area contributed by atoms with E-state index in [1.54, 1.807) is 0 Å². The van der Waals surface area contributed by atoms with Crippen LogP contribution in [-0.2, 0) is 9.47 Å². The maximum Gasteiger partial charge on any atom is 0.179 e.